The van der Waals surface area contributed by atoms with E-state index >= 15 is 0 Å². The summed E-state index contributed by atoms with van der Waals surface area (Å²) in [6.45, 7) is 2.29. The number of hydrogen-bond donors (Lipinski definition) is 1. The Bertz CT molecular complexity index is 628. The van der Waals surface area contributed by atoms with Crippen LogP contribution >= 0.6 is 0 Å². The van der Waals surface area contributed by atoms with Gasteiger partial charge in [0.25, 0.3) is 5.91 Å². The second-order valence-electron chi connectivity index (χ2n) is 5.99. The zero-order valence-electron chi connectivity index (χ0n) is 14.6. The van der Waals surface area contributed by atoms with E-state index in [1.807, 2.05) is 44.2 Å². The third-order valence-corrected chi connectivity index (χ3v) is 3.75. The molecule has 0 aliphatic rings. The maximum Gasteiger partial charge on any atom is 0.269 e. The van der Waals surface area contributed by atoms with E-state index in [4.69, 9.17) is 0 Å². The minimum Gasteiger partial charge on any atom is -0.373 e. The second-order valence-corrected chi connectivity index (χ2v) is 5.99. The van der Waals surface area contributed by atoms with Crippen LogP contribution in [0.3, 0.4) is 0 Å². The zero-order chi connectivity index (χ0) is 17.4. The van der Waals surface area contributed by atoms with Crippen LogP contribution in [0.25, 0.3) is 0 Å². The van der Waals surface area contributed by atoms with Gasteiger partial charge in [0.2, 0.25) is 0 Å². The lowest BCUT2D eigenvalue weighted by Crippen LogP contribution is -2.31. The van der Waals surface area contributed by atoms with Crippen LogP contribution in [0.1, 0.15) is 16.1 Å². The smallest absolute Gasteiger partial charge is 0.269 e. The van der Waals surface area contributed by atoms with Gasteiger partial charge in [0, 0.05) is 39.1 Å². The molecular formula is C18H25N5O. The number of amides is 1. The van der Waals surface area contributed by atoms with Crippen molar-refractivity contribution in [3.05, 3.63) is 54.1 Å². The molecule has 0 unspecified atom stereocenters. The van der Waals surface area contributed by atoms with Crippen LogP contribution in [0.2, 0.25) is 0 Å². The first-order valence-electron chi connectivity index (χ1n) is 8.05. The molecule has 0 saturated heterocycles. The molecule has 0 atom stereocenters. The van der Waals surface area contributed by atoms with Gasteiger partial charge in [-0.1, -0.05) is 0 Å². The molecule has 128 valence electrons. The molecule has 2 aromatic rings. The first kappa shape index (κ1) is 17.9. The Morgan fingerprint density at radius 1 is 1.08 bits per heavy atom. The maximum atomic E-state index is 12.0. The van der Waals surface area contributed by atoms with Crippen LogP contribution in [0.5, 0.6) is 0 Å². The molecule has 1 N–H and O–H groups in total. The molecule has 0 radical (unpaired) electrons. The van der Waals surface area contributed by atoms with Gasteiger partial charge in [-0.15, -0.1) is 0 Å². The van der Waals surface area contributed by atoms with Crippen LogP contribution in [-0.2, 0) is 6.42 Å². The minimum absolute atomic E-state index is 0.136. The topological polar surface area (TPSA) is 61.4 Å². The van der Waals surface area contributed by atoms with Gasteiger partial charge < -0.3 is 15.1 Å². The molecule has 0 spiro atoms. The Balaban J connectivity index is 1.85. The van der Waals surface area contributed by atoms with E-state index in [2.05, 4.69) is 20.2 Å². The van der Waals surface area contributed by atoms with Crippen LogP contribution in [-0.4, -0.2) is 61.6 Å². The number of nitrogens with one attached hydrogen (secondary N) is 1. The van der Waals surface area contributed by atoms with Crippen molar-refractivity contribution >= 4 is 11.6 Å². The van der Waals surface area contributed by atoms with E-state index < -0.39 is 0 Å². The quantitative estimate of drug-likeness (QED) is 0.795. The molecule has 1 amide bonds. The van der Waals surface area contributed by atoms with Crippen molar-refractivity contribution in [1.29, 1.82) is 0 Å². The summed E-state index contributed by atoms with van der Waals surface area (Å²) in [5.74, 6) is -0.136. The van der Waals surface area contributed by atoms with Crippen molar-refractivity contribution in [3.63, 3.8) is 0 Å². The molecule has 0 bridgehead atoms. The molecule has 24 heavy (non-hydrogen) atoms. The Morgan fingerprint density at radius 2 is 1.83 bits per heavy atom. The molecule has 0 saturated carbocycles. The van der Waals surface area contributed by atoms with Gasteiger partial charge >= 0.3 is 0 Å². The molecule has 6 heteroatoms. The lowest BCUT2D eigenvalue weighted by Gasteiger charge is -2.19. The van der Waals surface area contributed by atoms with E-state index in [1.165, 1.54) is 5.56 Å². The zero-order valence-corrected chi connectivity index (χ0v) is 14.6. The molecule has 0 aliphatic carbocycles. The predicted octanol–water partition coefficient (Wildman–Crippen LogP) is 1.45. The summed E-state index contributed by atoms with van der Waals surface area (Å²) in [5, 5.41) is 2.86. The normalized spacial score (nSPS) is 10.7. The molecule has 2 rings (SSSR count). The van der Waals surface area contributed by atoms with E-state index in [-0.39, 0.29) is 5.91 Å². The number of hydrogen-bond acceptors (Lipinski definition) is 5. The lowest BCUT2D eigenvalue weighted by atomic mass is 10.2. The molecule has 2 heterocycles. The summed E-state index contributed by atoms with van der Waals surface area (Å²) < 4.78 is 0. The van der Waals surface area contributed by atoms with E-state index in [9.17, 15) is 4.79 Å². The predicted molar refractivity (Wildman–Crippen MR) is 96.3 cm³/mol. The van der Waals surface area contributed by atoms with Crippen LogP contribution < -0.4 is 10.2 Å². The van der Waals surface area contributed by atoms with E-state index in [1.54, 1.807) is 24.7 Å². The molecule has 0 fully saturated rings. The summed E-state index contributed by atoms with van der Waals surface area (Å²) in [6, 6.07) is 7.74. The second kappa shape index (κ2) is 8.98. The van der Waals surface area contributed by atoms with Gasteiger partial charge in [0.15, 0.2) is 0 Å². The van der Waals surface area contributed by atoms with Crippen molar-refractivity contribution < 1.29 is 4.79 Å². The molecule has 2 aromatic heterocycles. The summed E-state index contributed by atoms with van der Waals surface area (Å²) in [7, 11) is 5.97. The van der Waals surface area contributed by atoms with Gasteiger partial charge in [0.05, 0.1) is 11.9 Å². The third kappa shape index (κ3) is 5.62. The average Bonchev–Trinajstić information content (AvgIpc) is 2.60. The molecular weight excluding hydrogens is 302 g/mol. The van der Waals surface area contributed by atoms with Crippen LogP contribution in [0.15, 0.2) is 42.9 Å². The molecule has 6 nitrogen and oxygen atoms in total. The van der Waals surface area contributed by atoms with Gasteiger partial charge in [0.1, 0.15) is 5.69 Å². The monoisotopic (exact) mass is 327 g/mol. The Hall–Kier alpha value is -2.47. The summed E-state index contributed by atoms with van der Waals surface area (Å²) >= 11 is 0. The number of anilines is 1. The number of nitrogens with zero attached hydrogens (tertiary/aromatic N) is 4. The highest BCUT2D eigenvalue weighted by Crippen LogP contribution is 2.12. The molecule has 0 aliphatic heterocycles. The fourth-order valence-electron chi connectivity index (χ4n) is 2.21. The molecule has 0 aromatic carbocycles. The Morgan fingerprint density at radius 3 is 2.46 bits per heavy atom. The summed E-state index contributed by atoms with van der Waals surface area (Å²) in [4.78, 5) is 24.5. The maximum absolute atomic E-state index is 12.0. The Kier molecular flexibility index (Phi) is 6.69. The van der Waals surface area contributed by atoms with Crippen LogP contribution in [0, 0.1) is 0 Å². The van der Waals surface area contributed by atoms with Crippen molar-refractivity contribution in [2.75, 3.05) is 45.7 Å². The van der Waals surface area contributed by atoms with Gasteiger partial charge in [-0.25, -0.2) is 4.98 Å². The highest BCUT2D eigenvalue weighted by molar-refractivity contribution is 5.92. The standard InChI is InChI=1S/C18H25N5O/c1-22(2)13-11-20-18(24)17-5-4-16(14-21-17)23(3)12-8-15-6-9-19-10-7-15/h4-7,9-10,14H,8,11-13H2,1-3H3,(H,20,24). The number of rotatable bonds is 8. The van der Waals surface area contributed by atoms with Gasteiger partial charge in [-0.2, -0.15) is 0 Å². The number of carbonyl (C=O) groups is 1. The fraction of sp³-hybridized carbons (Fsp3) is 0.389. The average molecular weight is 327 g/mol. The SMILES string of the molecule is CN(C)CCNC(=O)c1ccc(N(C)CCc2ccncc2)cn1. The minimum atomic E-state index is -0.136. The summed E-state index contributed by atoms with van der Waals surface area (Å²) in [5.41, 5.74) is 2.69. The number of pyridine rings is 2. The van der Waals surface area contributed by atoms with Crippen molar-refractivity contribution in [2.24, 2.45) is 0 Å². The van der Waals surface area contributed by atoms with Crippen LogP contribution in [0.4, 0.5) is 5.69 Å². The summed E-state index contributed by atoms with van der Waals surface area (Å²) in [6.07, 6.45) is 6.29. The highest BCUT2D eigenvalue weighted by atomic mass is 16.1. The highest BCUT2D eigenvalue weighted by Gasteiger charge is 2.08. The Labute approximate surface area is 143 Å². The van der Waals surface area contributed by atoms with Gasteiger partial charge in [-0.05, 0) is 50.3 Å². The van der Waals surface area contributed by atoms with E-state index in [0.717, 1.165) is 25.2 Å². The van der Waals surface area contributed by atoms with Crippen molar-refractivity contribution in [1.82, 2.24) is 20.2 Å². The van der Waals surface area contributed by atoms with Gasteiger partial charge in [-0.3, -0.25) is 9.78 Å². The van der Waals surface area contributed by atoms with Crippen molar-refractivity contribution in [2.45, 2.75) is 6.42 Å². The largest absolute Gasteiger partial charge is 0.373 e. The number of aromatic nitrogens is 2. The first-order valence-corrected chi connectivity index (χ1v) is 8.05. The number of carbonyl (C=O) groups excluding carboxylic acids is 1. The lowest BCUT2D eigenvalue weighted by molar-refractivity contribution is 0.0946. The number of likely N-dealkylation sites (N-methyl/N-ethyl adjacent to an activating group) is 2. The van der Waals surface area contributed by atoms with E-state index in [0.29, 0.717) is 12.2 Å². The fourth-order valence-corrected chi connectivity index (χ4v) is 2.21. The third-order valence-electron chi connectivity index (χ3n) is 3.75. The first-order chi connectivity index (χ1) is 11.6. The van der Waals surface area contributed by atoms with Crippen molar-refractivity contribution in [3.8, 4) is 0 Å².